The summed E-state index contributed by atoms with van der Waals surface area (Å²) < 4.78 is 14.9. The van der Waals surface area contributed by atoms with Crippen LogP contribution in [0.25, 0.3) is 17.1 Å². The summed E-state index contributed by atoms with van der Waals surface area (Å²) in [6.07, 6.45) is 0. The number of aromatic nitrogens is 3. The minimum Gasteiger partial charge on any atom is -0.319 e. The van der Waals surface area contributed by atoms with Gasteiger partial charge < -0.3 is 5.32 Å². The van der Waals surface area contributed by atoms with Crippen molar-refractivity contribution in [1.29, 1.82) is 0 Å². The van der Waals surface area contributed by atoms with Gasteiger partial charge >= 0.3 is 0 Å². The lowest BCUT2D eigenvalue weighted by molar-refractivity contribution is 0.101. The SMILES string of the molecule is Cc1c(Cl)cccc1NC(=O)c1nc(-c2ccc(F)cc2)n(-c2ccc(Cl)cc2)n1. The Morgan fingerprint density at radius 2 is 1.70 bits per heavy atom. The molecule has 5 nitrogen and oxygen atoms in total. The van der Waals surface area contributed by atoms with Gasteiger partial charge in [-0.1, -0.05) is 29.3 Å². The van der Waals surface area contributed by atoms with Crippen LogP contribution in [0.1, 0.15) is 16.2 Å². The average molecular weight is 441 g/mol. The van der Waals surface area contributed by atoms with Crippen LogP contribution in [0.15, 0.2) is 66.7 Å². The summed E-state index contributed by atoms with van der Waals surface area (Å²) in [5, 5.41) is 8.27. The molecule has 30 heavy (non-hydrogen) atoms. The third-order valence-corrected chi connectivity index (χ3v) is 5.16. The Morgan fingerprint density at radius 3 is 2.40 bits per heavy atom. The van der Waals surface area contributed by atoms with Gasteiger partial charge in [-0.15, -0.1) is 5.10 Å². The van der Waals surface area contributed by atoms with E-state index in [1.807, 2.05) is 6.92 Å². The van der Waals surface area contributed by atoms with E-state index >= 15 is 0 Å². The van der Waals surface area contributed by atoms with Gasteiger partial charge in [0.15, 0.2) is 5.82 Å². The van der Waals surface area contributed by atoms with Crippen LogP contribution in [-0.4, -0.2) is 20.7 Å². The molecule has 0 fully saturated rings. The third kappa shape index (κ3) is 4.06. The van der Waals surface area contributed by atoms with E-state index in [4.69, 9.17) is 23.2 Å². The maximum Gasteiger partial charge on any atom is 0.295 e. The summed E-state index contributed by atoms with van der Waals surface area (Å²) in [7, 11) is 0. The highest BCUT2D eigenvalue weighted by atomic mass is 35.5. The number of hydrogen-bond acceptors (Lipinski definition) is 3. The number of anilines is 1. The average Bonchev–Trinajstić information content (AvgIpc) is 3.18. The molecule has 0 saturated heterocycles. The van der Waals surface area contributed by atoms with E-state index < -0.39 is 5.91 Å². The molecule has 0 saturated carbocycles. The number of carbonyl (C=O) groups is 1. The Hall–Kier alpha value is -3.22. The molecule has 3 aromatic carbocycles. The lowest BCUT2D eigenvalue weighted by Gasteiger charge is -2.07. The van der Waals surface area contributed by atoms with Crippen molar-refractivity contribution < 1.29 is 9.18 Å². The lowest BCUT2D eigenvalue weighted by atomic mass is 10.2. The van der Waals surface area contributed by atoms with Crippen LogP contribution in [0.5, 0.6) is 0 Å². The van der Waals surface area contributed by atoms with Gasteiger partial charge in [0.1, 0.15) is 5.82 Å². The van der Waals surface area contributed by atoms with E-state index in [1.54, 1.807) is 54.6 Å². The summed E-state index contributed by atoms with van der Waals surface area (Å²) in [5.74, 6) is -0.504. The van der Waals surface area contributed by atoms with Gasteiger partial charge in [-0.25, -0.2) is 14.1 Å². The molecular weight excluding hydrogens is 426 g/mol. The molecule has 0 aliphatic heterocycles. The fourth-order valence-electron chi connectivity index (χ4n) is 2.88. The molecule has 1 N–H and O–H groups in total. The number of halogens is 3. The first-order chi connectivity index (χ1) is 14.4. The van der Waals surface area contributed by atoms with Crippen LogP contribution in [0, 0.1) is 12.7 Å². The Balaban J connectivity index is 1.76. The molecule has 1 heterocycles. The van der Waals surface area contributed by atoms with Crippen molar-refractivity contribution in [3.63, 3.8) is 0 Å². The predicted octanol–water partition coefficient (Wildman–Crippen LogP) is 5.94. The summed E-state index contributed by atoms with van der Waals surface area (Å²) in [6.45, 7) is 1.81. The number of rotatable bonds is 4. The molecular formula is C22H15Cl2FN4O. The molecule has 0 atom stereocenters. The van der Waals surface area contributed by atoms with Gasteiger partial charge in [-0.05, 0) is 73.2 Å². The fraction of sp³-hybridized carbons (Fsp3) is 0.0455. The van der Waals surface area contributed by atoms with Crippen LogP contribution in [0.4, 0.5) is 10.1 Å². The van der Waals surface area contributed by atoms with Crippen LogP contribution in [0.2, 0.25) is 10.0 Å². The molecule has 4 rings (SSSR count). The molecule has 0 radical (unpaired) electrons. The van der Waals surface area contributed by atoms with Gasteiger partial charge in [-0.3, -0.25) is 4.79 Å². The maximum absolute atomic E-state index is 13.4. The Bertz CT molecular complexity index is 1160. The van der Waals surface area contributed by atoms with Gasteiger partial charge in [0.25, 0.3) is 5.91 Å². The van der Waals surface area contributed by atoms with E-state index in [9.17, 15) is 9.18 Å². The standard InChI is InChI=1S/C22H15Cl2FN4O/c1-13-18(24)3-2-4-19(13)26-22(30)20-27-21(14-5-9-16(25)10-6-14)29(28-20)17-11-7-15(23)8-12-17/h2-12H,1H3,(H,26,30). The highest BCUT2D eigenvalue weighted by Gasteiger charge is 2.20. The highest BCUT2D eigenvalue weighted by molar-refractivity contribution is 6.31. The van der Waals surface area contributed by atoms with Crippen molar-refractivity contribution in [2.45, 2.75) is 6.92 Å². The summed E-state index contributed by atoms with van der Waals surface area (Å²) in [6, 6.07) is 18.0. The number of carbonyl (C=O) groups excluding carboxylic acids is 1. The second-order valence-electron chi connectivity index (χ2n) is 6.52. The van der Waals surface area contributed by atoms with E-state index in [2.05, 4.69) is 15.4 Å². The van der Waals surface area contributed by atoms with Crippen LogP contribution in [0.3, 0.4) is 0 Å². The van der Waals surface area contributed by atoms with E-state index in [-0.39, 0.29) is 11.6 Å². The second-order valence-corrected chi connectivity index (χ2v) is 7.36. The Morgan fingerprint density at radius 1 is 1.00 bits per heavy atom. The molecule has 4 aromatic rings. The van der Waals surface area contributed by atoms with Gasteiger partial charge in [-0.2, -0.15) is 0 Å². The largest absolute Gasteiger partial charge is 0.319 e. The van der Waals surface area contributed by atoms with E-state index in [0.29, 0.717) is 32.8 Å². The molecule has 0 aliphatic rings. The van der Waals surface area contributed by atoms with E-state index in [0.717, 1.165) is 5.56 Å². The molecule has 0 aliphatic carbocycles. The summed E-state index contributed by atoms with van der Waals surface area (Å²) in [4.78, 5) is 17.2. The predicted molar refractivity (Wildman–Crippen MR) is 116 cm³/mol. The molecule has 8 heteroatoms. The normalized spacial score (nSPS) is 10.8. The van der Waals surface area contributed by atoms with Gasteiger partial charge in [0, 0.05) is 21.3 Å². The first-order valence-corrected chi connectivity index (χ1v) is 9.73. The molecule has 0 unspecified atom stereocenters. The van der Waals surface area contributed by atoms with E-state index in [1.165, 1.54) is 16.8 Å². The molecule has 0 bridgehead atoms. The highest BCUT2D eigenvalue weighted by Crippen LogP contribution is 2.25. The van der Waals surface area contributed by atoms with Crippen molar-refractivity contribution in [1.82, 2.24) is 14.8 Å². The van der Waals surface area contributed by atoms with Crippen molar-refractivity contribution >= 4 is 34.8 Å². The van der Waals surface area contributed by atoms with Crippen LogP contribution < -0.4 is 5.32 Å². The third-order valence-electron chi connectivity index (χ3n) is 4.50. The minimum absolute atomic E-state index is 0.0383. The van der Waals surface area contributed by atoms with Crippen LogP contribution in [-0.2, 0) is 0 Å². The number of hydrogen-bond donors (Lipinski definition) is 1. The first-order valence-electron chi connectivity index (χ1n) is 8.98. The fourth-order valence-corrected chi connectivity index (χ4v) is 3.18. The first kappa shape index (κ1) is 20.1. The molecule has 1 aromatic heterocycles. The smallest absolute Gasteiger partial charge is 0.295 e. The number of nitrogens with zero attached hydrogens (tertiary/aromatic N) is 3. The summed E-state index contributed by atoms with van der Waals surface area (Å²) in [5.41, 5.74) is 2.57. The van der Waals surface area contributed by atoms with Crippen molar-refractivity contribution in [2.75, 3.05) is 5.32 Å². The maximum atomic E-state index is 13.4. The van der Waals surface area contributed by atoms with Crippen LogP contribution >= 0.6 is 23.2 Å². The number of benzene rings is 3. The van der Waals surface area contributed by atoms with Crippen molar-refractivity contribution in [2.24, 2.45) is 0 Å². The molecule has 0 spiro atoms. The van der Waals surface area contributed by atoms with Gasteiger partial charge in [0.05, 0.1) is 5.69 Å². The zero-order valence-corrected chi connectivity index (χ0v) is 17.2. The van der Waals surface area contributed by atoms with Crippen molar-refractivity contribution in [3.05, 3.63) is 94.0 Å². The molecule has 150 valence electrons. The Labute approximate surface area is 182 Å². The number of amides is 1. The molecule has 1 amide bonds. The monoisotopic (exact) mass is 440 g/mol. The summed E-state index contributed by atoms with van der Waals surface area (Å²) >= 11 is 12.1. The Kier molecular flexibility index (Phi) is 5.53. The van der Waals surface area contributed by atoms with Gasteiger partial charge in [0.2, 0.25) is 5.82 Å². The second kappa shape index (κ2) is 8.26. The zero-order chi connectivity index (χ0) is 21.3. The lowest BCUT2D eigenvalue weighted by Crippen LogP contribution is -2.15. The van der Waals surface area contributed by atoms with Crippen molar-refractivity contribution in [3.8, 4) is 17.1 Å². The zero-order valence-electron chi connectivity index (χ0n) is 15.7. The quantitative estimate of drug-likeness (QED) is 0.426. The number of nitrogens with one attached hydrogen (secondary N) is 1. The topological polar surface area (TPSA) is 59.8 Å². The minimum atomic E-state index is -0.489.